The lowest BCUT2D eigenvalue weighted by molar-refractivity contribution is 0.417. The first-order chi connectivity index (χ1) is 13.1. The van der Waals surface area contributed by atoms with Gasteiger partial charge in [-0.05, 0) is 60.7 Å². The second-order valence-corrected chi connectivity index (χ2v) is 7.11. The Morgan fingerprint density at radius 3 is 1.81 bits per heavy atom. The van der Waals surface area contributed by atoms with Gasteiger partial charge < -0.3 is 15.2 Å². The van der Waals surface area contributed by atoms with Gasteiger partial charge in [-0.15, -0.1) is 0 Å². The molecular formula is C24H27NO2. The smallest absolute Gasteiger partial charge is 0.170 e. The van der Waals surface area contributed by atoms with Crippen LogP contribution in [0.4, 0.5) is 0 Å². The second-order valence-electron chi connectivity index (χ2n) is 7.11. The Bertz CT molecular complexity index is 832. The SMILES string of the molecule is CC(C)CC[C@@H](N)c1ccc(Oc2ccccc2)c(Oc2ccccc2)c1. The molecule has 27 heavy (non-hydrogen) atoms. The van der Waals surface area contributed by atoms with E-state index in [4.69, 9.17) is 15.2 Å². The van der Waals surface area contributed by atoms with Gasteiger partial charge in [0.2, 0.25) is 0 Å². The Kier molecular flexibility index (Phi) is 6.50. The third-order valence-corrected chi connectivity index (χ3v) is 4.39. The number of hydrogen-bond donors (Lipinski definition) is 1. The normalized spacial score (nSPS) is 12.0. The highest BCUT2D eigenvalue weighted by Gasteiger charge is 2.14. The lowest BCUT2D eigenvalue weighted by Gasteiger charge is -2.17. The topological polar surface area (TPSA) is 44.5 Å². The molecule has 0 aromatic heterocycles. The molecule has 0 saturated carbocycles. The zero-order chi connectivity index (χ0) is 19.1. The van der Waals surface area contributed by atoms with Crippen molar-refractivity contribution < 1.29 is 9.47 Å². The monoisotopic (exact) mass is 361 g/mol. The van der Waals surface area contributed by atoms with Crippen LogP contribution < -0.4 is 15.2 Å². The molecular weight excluding hydrogens is 334 g/mol. The summed E-state index contributed by atoms with van der Waals surface area (Å²) >= 11 is 0. The summed E-state index contributed by atoms with van der Waals surface area (Å²) in [5.74, 6) is 3.51. The zero-order valence-corrected chi connectivity index (χ0v) is 16.0. The van der Waals surface area contributed by atoms with E-state index in [0.29, 0.717) is 17.4 Å². The molecule has 2 N–H and O–H groups in total. The first-order valence-electron chi connectivity index (χ1n) is 9.47. The van der Waals surface area contributed by atoms with Gasteiger partial charge in [0.25, 0.3) is 0 Å². The van der Waals surface area contributed by atoms with Gasteiger partial charge in [-0.25, -0.2) is 0 Å². The Hall–Kier alpha value is -2.78. The molecule has 0 saturated heterocycles. The van der Waals surface area contributed by atoms with Crippen LogP contribution in [-0.2, 0) is 0 Å². The minimum atomic E-state index is -0.0173. The molecule has 3 nitrogen and oxygen atoms in total. The second kappa shape index (κ2) is 9.24. The third kappa shape index (κ3) is 5.60. The molecule has 3 aromatic rings. The number of nitrogens with two attached hydrogens (primary N) is 1. The maximum atomic E-state index is 6.41. The first kappa shape index (κ1) is 19.0. The molecule has 0 unspecified atom stereocenters. The summed E-state index contributed by atoms with van der Waals surface area (Å²) in [4.78, 5) is 0. The van der Waals surface area contributed by atoms with Crippen molar-refractivity contribution in [2.24, 2.45) is 11.7 Å². The zero-order valence-electron chi connectivity index (χ0n) is 16.0. The predicted octanol–water partition coefficient (Wildman–Crippen LogP) is 6.71. The fraction of sp³-hybridized carbons (Fsp3) is 0.250. The van der Waals surface area contributed by atoms with E-state index in [0.717, 1.165) is 29.9 Å². The van der Waals surface area contributed by atoms with Crippen molar-refractivity contribution in [1.82, 2.24) is 0 Å². The van der Waals surface area contributed by atoms with Crippen LogP contribution in [0.25, 0.3) is 0 Å². The Morgan fingerprint density at radius 1 is 0.704 bits per heavy atom. The highest BCUT2D eigenvalue weighted by atomic mass is 16.5. The molecule has 0 aliphatic rings. The van der Waals surface area contributed by atoms with E-state index in [2.05, 4.69) is 13.8 Å². The van der Waals surface area contributed by atoms with Crippen LogP contribution in [0.5, 0.6) is 23.0 Å². The van der Waals surface area contributed by atoms with Crippen LogP contribution in [-0.4, -0.2) is 0 Å². The van der Waals surface area contributed by atoms with Gasteiger partial charge in [0, 0.05) is 6.04 Å². The van der Waals surface area contributed by atoms with Crippen molar-refractivity contribution in [3.05, 3.63) is 84.4 Å². The molecule has 0 aliphatic carbocycles. The summed E-state index contributed by atoms with van der Waals surface area (Å²) in [5, 5.41) is 0. The van der Waals surface area contributed by atoms with Crippen molar-refractivity contribution in [2.75, 3.05) is 0 Å². The average molecular weight is 361 g/mol. The van der Waals surface area contributed by atoms with E-state index in [1.807, 2.05) is 78.9 Å². The van der Waals surface area contributed by atoms with E-state index in [-0.39, 0.29) is 6.04 Å². The van der Waals surface area contributed by atoms with E-state index >= 15 is 0 Å². The minimum absolute atomic E-state index is 0.0173. The van der Waals surface area contributed by atoms with Gasteiger partial charge in [-0.2, -0.15) is 0 Å². The summed E-state index contributed by atoms with van der Waals surface area (Å²) in [6.07, 6.45) is 2.04. The predicted molar refractivity (Wildman–Crippen MR) is 110 cm³/mol. The van der Waals surface area contributed by atoms with Gasteiger partial charge in [-0.1, -0.05) is 56.3 Å². The highest BCUT2D eigenvalue weighted by Crippen LogP contribution is 2.37. The van der Waals surface area contributed by atoms with Crippen LogP contribution in [0.1, 0.15) is 38.3 Å². The Morgan fingerprint density at radius 2 is 1.26 bits per heavy atom. The fourth-order valence-electron chi connectivity index (χ4n) is 2.83. The summed E-state index contributed by atoms with van der Waals surface area (Å²) in [7, 11) is 0. The molecule has 0 bridgehead atoms. The molecule has 0 aliphatic heterocycles. The molecule has 0 radical (unpaired) electrons. The number of benzene rings is 3. The van der Waals surface area contributed by atoms with Crippen LogP contribution >= 0.6 is 0 Å². The molecule has 1 atom stereocenters. The summed E-state index contributed by atoms with van der Waals surface area (Å²) in [5.41, 5.74) is 7.47. The summed E-state index contributed by atoms with van der Waals surface area (Å²) in [6, 6.07) is 25.4. The van der Waals surface area contributed by atoms with Gasteiger partial charge in [0.1, 0.15) is 11.5 Å². The van der Waals surface area contributed by atoms with E-state index in [1.165, 1.54) is 0 Å². The first-order valence-corrected chi connectivity index (χ1v) is 9.47. The Labute approximate surface area is 161 Å². The van der Waals surface area contributed by atoms with Gasteiger partial charge >= 0.3 is 0 Å². The molecule has 0 heterocycles. The van der Waals surface area contributed by atoms with Crippen LogP contribution in [0.2, 0.25) is 0 Å². The van der Waals surface area contributed by atoms with E-state index in [9.17, 15) is 0 Å². The molecule has 3 aromatic carbocycles. The van der Waals surface area contributed by atoms with Crippen LogP contribution in [0.3, 0.4) is 0 Å². The quantitative estimate of drug-likeness (QED) is 0.485. The van der Waals surface area contributed by atoms with Crippen molar-refractivity contribution in [3.8, 4) is 23.0 Å². The molecule has 0 fully saturated rings. The van der Waals surface area contributed by atoms with Crippen molar-refractivity contribution in [2.45, 2.75) is 32.7 Å². The number of para-hydroxylation sites is 2. The molecule has 0 spiro atoms. The van der Waals surface area contributed by atoms with Crippen molar-refractivity contribution in [3.63, 3.8) is 0 Å². The van der Waals surface area contributed by atoms with Crippen molar-refractivity contribution >= 4 is 0 Å². The molecule has 140 valence electrons. The maximum absolute atomic E-state index is 6.41. The van der Waals surface area contributed by atoms with Crippen molar-refractivity contribution in [1.29, 1.82) is 0 Å². The van der Waals surface area contributed by atoms with Gasteiger partial charge in [-0.3, -0.25) is 0 Å². The summed E-state index contributed by atoms with van der Waals surface area (Å²) in [6.45, 7) is 4.43. The van der Waals surface area contributed by atoms with E-state index < -0.39 is 0 Å². The van der Waals surface area contributed by atoms with Gasteiger partial charge in [0.05, 0.1) is 0 Å². The van der Waals surface area contributed by atoms with E-state index in [1.54, 1.807) is 0 Å². The average Bonchev–Trinajstić information content (AvgIpc) is 2.69. The standard InChI is InChI=1S/C24H27NO2/c1-18(2)13-15-22(25)19-14-16-23(26-20-9-5-3-6-10-20)24(17-19)27-21-11-7-4-8-12-21/h3-12,14,16-18,22H,13,15,25H2,1-2H3/t22-/m1/s1. The lowest BCUT2D eigenvalue weighted by Crippen LogP contribution is -2.11. The molecule has 0 amide bonds. The number of ether oxygens (including phenoxy) is 2. The third-order valence-electron chi connectivity index (χ3n) is 4.39. The highest BCUT2D eigenvalue weighted by molar-refractivity contribution is 5.48. The van der Waals surface area contributed by atoms with Crippen LogP contribution in [0, 0.1) is 5.92 Å². The number of rotatable bonds is 8. The largest absolute Gasteiger partial charge is 0.453 e. The lowest BCUT2D eigenvalue weighted by atomic mass is 9.98. The fourth-order valence-corrected chi connectivity index (χ4v) is 2.83. The molecule has 3 heteroatoms. The number of hydrogen-bond acceptors (Lipinski definition) is 3. The minimum Gasteiger partial charge on any atom is -0.453 e. The van der Waals surface area contributed by atoms with Gasteiger partial charge in [0.15, 0.2) is 11.5 Å². The van der Waals surface area contributed by atoms with Crippen LogP contribution in [0.15, 0.2) is 78.9 Å². The maximum Gasteiger partial charge on any atom is 0.170 e. The molecule has 3 rings (SSSR count). The summed E-state index contributed by atoms with van der Waals surface area (Å²) < 4.78 is 12.2. The Balaban J connectivity index is 1.87.